The first-order chi connectivity index (χ1) is 9.74. The van der Waals surface area contributed by atoms with Crippen LogP contribution in [-0.2, 0) is 5.60 Å². The molecule has 1 unspecified atom stereocenters. The second-order valence-electron chi connectivity index (χ2n) is 5.14. The first-order valence-electron chi connectivity index (χ1n) is 7.01. The maximum Gasteiger partial charge on any atom is 0.114 e. The predicted octanol–water partition coefficient (Wildman–Crippen LogP) is 4.49. The summed E-state index contributed by atoms with van der Waals surface area (Å²) >= 11 is 0. The Balaban J connectivity index is 2.16. The molecule has 0 fully saturated rings. The summed E-state index contributed by atoms with van der Waals surface area (Å²) in [6, 6.07) is 24.3. The molecule has 0 heterocycles. The zero-order valence-corrected chi connectivity index (χ0v) is 11.6. The van der Waals surface area contributed by atoms with Crippen molar-refractivity contribution in [3.63, 3.8) is 0 Å². The van der Waals surface area contributed by atoms with Crippen LogP contribution in [0.1, 0.15) is 24.5 Å². The second kappa shape index (κ2) is 5.10. The van der Waals surface area contributed by atoms with Crippen molar-refractivity contribution < 1.29 is 5.11 Å². The molecule has 0 radical (unpaired) electrons. The van der Waals surface area contributed by atoms with Crippen LogP contribution in [0.3, 0.4) is 0 Å². The van der Waals surface area contributed by atoms with E-state index in [0.717, 1.165) is 16.5 Å². The molecule has 0 amide bonds. The first kappa shape index (κ1) is 12.9. The van der Waals surface area contributed by atoms with Crippen LogP contribution in [-0.4, -0.2) is 5.11 Å². The highest BCUT2D eigenvalue weighted by atomic mass is 16.3. The highest BCUT2D eigenvalue weighted by molar-refractivity contribution is 5.83. The van der Waals surface area contributed by atoms with Gasteiger partial charge in [0.2, 0.25) is 0 Å². The minimum Gasteiger partial charge on any atom is -0.380 e. The van der Waals surface area contributed by atoms with Gasteiger partial charge in [0.25, 0.3) is 0 Å². The molecule has 0 aliphatic heterocycles. The number of fused-ring (bicyclic) bond motifs is 1. The molecule has 1 atom stereocenters. The van der Waals surface area contributed by atoms with Gasteiger partial charge in [-0.1, -0.05) is 73.7 Å². The van der Waals surface area contributed by atoms with Crippen LogP contribution in [0.15, 0.2) is 72.8 Å². The van der Waals surface area contributed by atoms with Crippen molar-refractivity contribution in [2.75, 3.05) is 0 Å². The van der Waals surface area contributed by atoms with Gasteiger partial charge in [0.05, 0.1) is 0 Å². The molecule has 0 spiro atoms. The van der Waals surface area contributed by atoms with E-state index in [4.69, 9.17) is 0 Å². The van der Waals surface area contributed by atoms with E-state index >= 15 is 0 Å². The van der Waals surface area contributed by atoms with Crippen molar-refractivity contribution in [2.45, 2.75) is 18.9 Å². The van der Waals surface area contributed by atoms with E-state index in [0.29, 0.717) is 6.42 Å². The summed E-state index contributed by atoms with van der Waals surface area (Å²) in [7, 11) is 0. The molecule has 1 N–H and O–H groups in total. The lowest BCUT2D eigenvalue weighted by Crippen LogP contribution is -2.26. The largest absolute Gasteiger partial charge is 0.380 e. The Morgan fingerprint density at radius 3 is 2.10 bits per heavy atom. The zero-order valence-electron chi connectivity index (χ0n) is 11.6. The third-order valence-corrected chi connectivity index (χ3v) is 3.99. The molecule has 0 saturated heterocycles. The monoisotopic (exact) mass is 262 g/mol. The van der Waals surface area contributed by atoms with Gasteiger partial charge in [0.15, 0.2) is 0 Å². The fraction of sp³-hybridized carbons (Fsp3) is 0.158. The van der Waals surface area contributed by atoms with E-state index in [1.54, 1.807) is 0 Å². The highest BCUT2D eigenvalue weighted by Gasteiger charge is 2.29. The van der Waals surface area contributed by atoms with Crippen LogP contribution >= 0.6 is 0 Å². The highest BCUT2D eigenvalue weighted by Crippen LogP contribution is 2.34. The molecule has 1 heteroatoms. The van der Waals surface area contributed by atoms with Crippen LogP contribution in [0.4, 0.5) is 0 Å². The maximum atomic E-state index is 11.1. The molecule has 100 valence electrons. The van der Waals surface area contributed by atoms with Crippen molar-refractivity contribution in [1.29, 1.82) is 0 Å². The molecule has 3 aromatic carbocycles. The van der Waals surface area contributed by atoms with E-state index in [9.17, 15) is 5.11 Å². The number of benzene rings is 3. The summed E-state index contributed by atoms with van der Waals surface area (Å²) in [6.45, 7) is 2.02. The fourth-order valence-corrected chi connectivity index (χ4v) is 2.74. The summed E-state index contributed by atoms with van der Waals surface area (Å²) in [6.07, 6.45) is 0.648. The van der Waals surface area contributed by atoms with E-state index in [2.05, 4.69) is 24.3 Å². The average Bonchev–Trinajstić information content (AvgIpc) is 2.54. The van der Waals surface area contributed by atoms with Gasteiger partial charge >= 0.3 is 0 Å². The minimum absolute atomic E-state index is 0.648. The second-order valence-corrected chi connectivity index (χ2v) is 5.14. The van der Waals surface area contributed by atoms with Crippen LogP contribution in [0, 0.1) is 0 Å². The van der Waals surface area contributed by atoms with E-state index in [-0.39, 0.29) is 0 Å². The van der Waals surface area contributed by atoms with Gasteiger partial charge in [0, 0.05) is 0 Å². The molecule has 1 nitrogen and oxygen atoms in total. The Morgan fingerprint density at radius 1 is 0.750 bits per heavy atom. The molecule has 3 rings (SSSR count). The van der Waals surface area contributed by atoms with Crippen LogP contribution in [0.25, 0.3) is 10.8 Å². The van der Waals surface area contributed by atoms with Gasteiger partial charge in [0.1, 0.15) is 5.60 Å². The SMILES string of the molecule is CCC(O)(c1ccccc1)c1ccc2ccccc2c1. The number of hydrogen-bond acceptors (Lipinski definition) is 1. The van der Waals surface area contributed by atoms with Crippen LogP contribution < -0.4 is 0 Å². The predicted molar refractivity (Wildman–Crippen MR) is 83.7 cm³/mol. The minimum atomic E-state index is -0.925. The summed E-state index contributed by atoms with van der Waals surface area (Å²) in [5, 5.41) is 13.5. The molecule has 3 aromatic rings. The number of aliphatic hydroxyl groups is 1. The lowest BCUT2D eigenvalue weighted by atomic mass is 9.83. The lowest BCUT2D eigenvalue weighted by Gasteiger charge is -2.28. The molecule has 0 aromatic heterocycles. The summed E-state index contributed by atoms with van der Waals surface area (Å²) in [4.78, 5) is 0. The maximum absolute atomic E-state index is 11.1. The molecule has 20 heavy (non-hydrogen) atoms. The molecule has 0 saturated carbocycles. The molecule has 0 aliphatic rings. The first-order valence-corrected chi connectivity index (χ1v) is 7.01. The molecular weight excluding hydrogens is 244 g/mol. The van der Waals surface area contributed by atoms with Gasteiger partial charge in [-0.25, -0.2) is 0 Å². The average molecular weight is 262 g/mol. The van der Waals surface area contributed by atoms with Gasteiger partial charge < -0.3 is 5.11 Å². The standard InChI is InChI=1S/C19H18O/c1-2-19(20,17-10-4-3-5-11-17)18-13-12-15-8-6-7-9-16(15)14-18/h3-14,20H,2H2,1H3. The molecule has 0 aliphatic carbocycles. The van der Waals surface area contributed by atoms with Crippen LogP contribution in [0.2, 0.25) is 0 Å². The number of hydrogen-bond donors (Lipinski definition) is 1. The number of rotatable bonds is 3. The van der Waals surface area contributed by atoms with Crippen molar-refractivity contribution in [3.05, 3.63) is 83.9 Å². The van der Waals surface area contributed by atoms with E-state index in [1.165, 1.54) is 5.39 Å². The van der Waals surface area contributed by atoms with Crippen molar-refractivity contribution in [1.82, 2.24) is 0 Å². The van der Waals surface area contributed by atoms with Crippen molar-refractivity contribution >= 4 is 10.8 Å². The lowest BCUT2D eigenvalue weighted by molar-refractivity contribution is 0.0767. The Kier molecular flexibility index (Phi) is 3.29. The van der Waals surface area contributed by atoms with Crippen molar-refractivity contribution in [3.8, 4) is 0 Å². The third kappa shape index (κ3) is 2.10. The van der Waals surface area contributed by atoms with Gasteiger partial charge in [-0.3, -0.25) is 0 Å². The molecule has 0 bridgehead atoms. The normalized spacial score (nSPS) is 14.1. The topological polar surface area (TPSA) is 20.2 Å². The fourth-order valence-electron chi connectivity index (χ4n) is 2.74. The summed E-state index contributed by atoms with van der Waals surface area (Å²) < 4.78 is 0. The third-order valence-electron chi connectivity index (χ3n) is 3.99. The Labute approximate surface area is 119 Å². The van der Waals surface area contributed by atoms with Crippen molar-refractivity contribution in [2.24, 2.45) is 0 Å². The van der Waals surface area contributed by atoms with Crippen LogP contribution in [0.5, 0.6) is 0 Å². The quantitative estimate of drug-likeness (QED) is 0.737. The Hall–Kier alpha value is -2.12. The summed E-state index contributed by atoms with van der Waals surface area (Å²) in [5.74, 6) is 0. The van der Waals surface area contributed by atoms with Gasteiger partial charge in [-0.2, -0.15) is 0 Å². The summed E-state index contributed by atoms with van der Waals surface area (Å²) in [5.41, 5.74) is 0.966. The Bertz CT molecular complexity index is 718. The smallest absolute Gasteiger partial charge is 0.114 e. The zero-order chi connectivity index (χ0) is 14.0. The van der Waals surface area contributed by atoms with Gasteiger partial charge in [-0.05, 0) is 34.4 Å². The van der Waals surface area contributed by atoms with Gasteiger partial charge in [-0.15, -0.1) is 0 Å². The Morgan fingerprint density at radius 2 is 1.40 bits per heavy atom. The van der Waals surface area contributed by atoms with E-state index in [1.807, 2.05) is 55.5 Å². The van der Waals surface area contributed by atoms with E-state index < -0.39 is 5.60 Å². The molecular formula is C19H18O.